The Hall–Kier alpha value is -1.17. The summed E-state index contributed by atoms with van der Waals surface area (Å²) in [5.74, 6) is -0.976. The topological polar surface area (TPSA) is 49.8 Å². The third kappa shape index (κ3) is 2.98. The van der Waals surface area contributed by atoms with Crippen LogP contribution in [0.25, 0.3) is 0 Å². The van der Waals surface area contributed by atoms with E-state index in [1.165, 1.54) is 12.1 Å². The summed E-state index contributed by atoms with van der Waals surface area (Å²) in [6, 6.07) is 3.87. The van der Waals surface area contributed by atoms with Gasteiger partial charge in [-0.15, -0.1) is 0 Å². The zero-order valence-electron chi connectivity index (χ0n) is 12.2. The zero-order chi connectivity index (χ0) is 15.7. The second-order valence-corrected chi connectivity index (χ2v) is 6.36. The number of amides is 1. The van der Waals surface area contributed by atoms with E-state index in [0.29, 0.717) is 19.8 Å². The average molecular weight is 328 g/mol. The van der Waals surface area contributed by atoms with Gasteiger partial charge in [-0.05, 0) is 31.0 Å². The quantitative estimate of drug-likeness (QED) is 0.908. The average Bonchev–Trinajstić information content (AvgIpc) is 2.93. The van der Waals surface area contributed by atoms with Gasteiger partial charge in [0.05, 0.1) is 30.9 Å². The lowest BCUT2D eigenvalue weighted by Gasteiger charge is -2.40. The number of carbonyl (C=O) groups is 1. The number of morpholine rings is 1. The minimum Gasteiger partial charge on any atom is -0.393 e. The lowest BCUT2D eigenvalue weighted by atomic mass is 9.93. The van der Waals surface area contributed by atoms with E-state index in [1.807, 2.05) is 0 Å². The van der Waals surface area contributed by atoms with Crippen LogP contribution < -0.4 is 0 Å². The van der Waals surface area contributed by atoms with Crippen molar-refractivity contribution in [2.75, 3.05) is 19.8 Å². The van der Waals surface area contributed by atoms with Crippen molar-refractivity contribution in [3.63, 3.8) is 0 Å². The fourth-order valence-corrected chi connectivity index (χ4v) is 3.62. The predicted molar refractivity (Wildman–Crippen MR) is 80.4 cm³/mol. The van der Waals surface area contributed by atoms with E-state index in [9.17, 15) is 14.3 Å². The summed E-state index contributed by atoms with van der Waals surface area (Å²) in [4.78, 5) is 14.4. The number of rotatable bonds is 2. The molecule has 0 spiro atoms. The Morgan fingerprint density at radius 1 is 1.41 bits per heavy atom. The molecule has 0 radical (unpaired) electrons. The normalized spacial score (nSPS) is 28.9. The summed E-state index contributed by atoms with van der Waals surface area (Å²) in [5, 5.41) is 10.4. The van der Waals surface area contributed by atoms with Gasteiger partial charge in [0.15, 0.2) is 0 Å². The Kier molecular flexibility index (Phi) is 4.66. The highest BCUT2D eigenvalue weighted by atomic mass is 35.5. The highest BCUT2D eigenvalue weighted by Crippen LogP contribution is 2.33. The second-order valence-electron chi connectivity index (χ2n) is 5.93. The summed E-state index contributed by atoms with van der Waals surface area (Å²) >= 11 is 5.74. The van der Waals surface area contributed by atoms with Crippen LogP contribution in [0.1, 0.15) is 29.6 Å². The van der Waals surface area contributed by atoms with Crippen LogP contribution in [-0.4, -0.2) is 47.8 Å². The van der Waals surface area contributed by atoms with E-state index >= 15 is 0 Å². The second kappa shape index (κ2) is 6.52. The van der Waals surface area contributed by atoms with Gasteiger partial charge < -0.3 is 14.7 Å². The van der Waals surface area contributed by atoms with Crippen molar-refractivity contribution in [1.29, 1.82) is 0 Å². The monoisotopic (exact) mass is 327 g/mol. The molecule has 2 aliphatic rings. The van der Waals surface area contributed by atoms with Crippen LogP contribution in [0, 0.1) is 11.7 Å². The molecule has 1 aliphatic carbocycles. The van der Waals surface area contributed by atoms with Gasteiger partial charge in [0.1, 0.15) is 5.82 Å². The molecule has 1 saturated carbocycles. The van der Waals surface area contributed by atoms with Crippen molar-refractivity contribution in [1.82, 2.24) is 4.90 Å². The van der Waals surface area contributed by atoms with E-state index in [1.54, 1.807) is 4.90 Å². The third-order valence-electron chi connectivity index (χ3n) is 4.61. The number of halogens is 2. The van der Waals surface area contributed by atoms with Crippen molar-refractivity contribution in [3.05, 3.63) is 34.6 Å². The summed E-state index contributed by atoms with van der Waals surface area (Å²) < 4.78 is 19.5. The number of carbonyl (C=O) groups excluding carboxylic acids is 1. The smallest absolute Gasteiger partial charge is 0.257 e. The molecule has 1 heterocycles. The molecule has 3 rings (SSSR count). The first-order valence-electron chi connectivity index (χ1n) is 7.60. The first-order chi connectivity index (χ1) is 10.6. The molecule has 0 unspecified atom stereocenters. The summed E-state index contributed by atoms with van der Waals surface area (Å²) in [7, 11) is 0. The summed E-state index contributed by atoms with van der Waals surface area (Å²) in [6.07, 6.45) is 2.14. The molecule has 4 nitrogen and oxygen atoms in total. The highest BCUT2D eigenvalue weighted by molar-refractivity contribution is 6.30. The Morgan fingerprint density at radius 3 is 2.91 bits per heavy atom. The van der Waals surface area contributed by atoms with Crippen LogP contribution in [-0.2, 0) is 4.74 Å². The van der Waals surface area contributed by atoms with Gasteiger partial charge in [-0.3, -0.25) is 4.79 Å². The first-order valence-corrected chi connectivity index (χ1v) is 7.97. The fraction of sp³-hybridized carbons (Fsp3) is 0.562. The molecule has 0 aromatic heterocycles. The molecule has 1 amide bonds. The first kappa shape index (κ1) is 15.7. The molecule has 1 aromatic rings. The number of benzene rings is 1. The van der Waals surface area contributed by atoms with Crippen LogP contribution in [0.4, 0.5) is 4.39 Å². The lowest BCUT2D eigenvalue weighted by Crippen LogP contribution is -2.53. The number of hydrogen-bond donors (Lipinski definition) is 1. The maximum absolute atomic E-state index is 14.0. The molecule has 1 aliphatic heterocycles. The number of aliphatic hydroxyl groups is 1. The van der Waals surface area contributed by atoms with Gasteiger partial charge in [-0.25, -0.2) is 4.39 Å². The Balaban J connectivity index is 1.85. The molecule has 6 heteroatoms. The fourth-order valence-electron chi connectivity index (χ4n) is 3.47. The SMILES string of the molecule is O=C(c1ccc(Cl)cc1F)N1CCOC[C@@H]1[C@H]1CCC[C@@H]1O. The van der Waals surface area contributed by atoms with Crippen LogP contribution in [0.5, 0.6) is 0 Å². The molecule has 0 bridgehead atoms. The molecular formula is C16H19ClFNO3. The maximum Gasteiger partial charge on any atom is 0.257 e. The zero-order valence-corrected chi connectivity index (χ0v) is 12.9. The van der Waals surface area contributed by atoms with E-state index in [0.717, 1.165) is 25.3 Å². The molecule has 120 valence electrons. The molecule has 1 aromatic carbocycles. The molecular weight excluding hydrogens is 309 g/mol. The van der Waals surface area contributed by atoms with E-state index in [4.69, 9.17) is 16.3 Å². The van der Waals surface area contributed by atoms with Gasteiger partial charge in [-0.2, -0.15) is 0 Å². The van der Waals surface area contributed by atoms with E-state index in [2.05, 4.69) is 0 Å². The largest absolute Gasteiger partial charge is 0.393 e. The molecule has 1 saturated heterocycles. The predicted octanol–water partition coefficient (Wildman–Crippen LogP) is 2.48. The van der Waals surface area contributed by atoms with Crippen molar-refractivity contribution in [2.45, 2.75) is 31.4 Å². The Morgan fingerprint density at radius 2 is 2.23 bits per heavy atom. The Labute approximate surface area is 133 Å². The lowest BCUT2D eigenvalue weighted by molar-refractivity contribution is -0.0385. The molecule has 2 fully saturated rings. The standard InChI is InChI=1S/C16H19ClFNO3/c17-10-4-5-11(13(18)8-10)16(21)19-6-7-22-9-14(19)12-2-1-3-15(12)20/h4-5,8,12,14-15,20H,1-3,6-7,9H2/t12-,14-,15+/m1/s1. The van der Waals surface area contributed by atoms with Gasteiger partial charge in [0.2, 0.25) is 0 Å². The van der Waals surface area contributed by atoms with Gasteiger partial charge in [0.25, 0.3) is 5.91 Å². The van der Waals surface area contributed by atoms with Crippen LogP contribution in [0.2, 0.25) is 5.02 Å². The van der Waals surface area contributed by atoms with Crippen LogP contribution in [0.15, 0.2) is 18.2 Å². The maximum atomic E-state index is 14.0. The van der Waals surface area contributed by atoms with Crippen molar-refractivity contribution >= 4 is 17.5 Å². The van der Waals surface area contributed by atoms with Crippen LogP contribution >= 0.6 is 11.6 Å². The minimum absolute atomic E-state index is 0.000360. The molecule has 22 heavy (non-hydrogen) atoms. The number of aliphatic hydroxyl groups excluding tert-OH is 1. The Bertz CT molecular complexity index is 568. The van der Waals surface area contributed by atoms with Crippen molar-refractivity contribution < 1.29 is 19.0 Å². The number of ether oxygens (including phenoxy) is 1. The number of nitrogens with zero attached hydrogens (tertiary/aromatic N) is 1. The minimum atomic E-state index is -0.616. The van der Waals surface area contributed by atoms with Gasteiger partial charge in [0, 0.05) is 17.5 Å². The van der Waals surface area contributed by atoms with E-state index in [-0.39, 0.29) is 28.5 Å². The van der Waals surface area contributed by atoms with Gasteiger partial charge in [-0.1, -0.05) is 18.0 Å². The highest BCUT2D eigenvalue weighted by Gasteiger charge is 2.40. The number of hydrogen-bond acceptors (Lipinski definition) is 3. The van der Waals surface area contributed by atoms with Gasteiger partial charge >= 0.3 is 0 Å². The molecule has 1 N–H and O–H groups in total. The summed E-state index contributed by atoms with van der Waals surface area (Å²) in [5.41, 5.74) is 0.0174. The summed E-state index contributed by atoms with van der Waals surface area (Å²) in [6.45, 7) is 1.23. The van der Waals surface area contributed by atoms with Crippen molar-refractivity contribution in [3.8, 4) is 0 Å². The van der Waals surface area contributed by atoms with E-state index < -0.39 is 11.9 Å². The third-order valence-corrected chi connectivity index (χ3v) is 4.85. The van der Waals surface area contributed by atoms with Crippen molar-refractivity contribution in [2.24, 2.45) is 5.92 Å². The molecule has 3 atom stereocenters. The van der Waals surface area contributed by atoms with Crippen LogP contribution in [0.3, 0.4) is 0 Å².